The van der Waals surface area contributed by atoms with Gasteiger partial charge < -0.3 is 0 Å². The number of amides is 1. The van der Waals surface area contributed by atoms with Gasteiger partial charge in [-0.3, -0.25) is 4.79 Å². The third-order valence-corrected chi connectivity index (χ3v) is 7.27. The van der Waals surface area contributed by atoms with E-state index in [1.54, 1.807) is 36.4 Å². The second-order valence-electron chi connectivity index (χ2n) is 7.46. The molecule has 0 N–H and O–H groups in total. The Hall–Kier alpha value is -2.92. The SMILES string of the molecule is Cc1ccc(S(=O)(=O)N2C(=O)c3ccccc3CC2CCc2ccccc2)cc1. The molecule has 0 bridgehead atoms. The van der Waals surface area contributed by atoms with Crippen LogP contribution >= 0.6 is 0 Å². The van der Waals surface area contributed by atoms with E-state index in [9.17, 15) is 13.2 Å². The molecule has 5 heteroatoms. The average Bonchev–Trinajstić information content (AvgIpc) is 2.73. The second-order valence-corrected chi connectivity index (χ2v) is 9.27. The van der Waals surface area contributed by atoms with E-state index in [0.29, 0.717) is 24.8 Å². The standard InChI is InChI=1S/C24H23NO3S/c1-18-11-15-22(16-12-18)29(27,28)25-21(14-13-19-7-3-2-4-8-19)17-20-9-5-6-10-23(20)24(25)26/h2-12,15-16,21H,13-14,17H2,1H3. The van der Waals surface area contributed by atoms with Crippen LogP contribution in [0.3, 0.4) is 0 Å². The summed E-state index contributed by atoms with van der Waals surface area (Å²) in [7, 11) is -3.94. The highest BCUT2D eigenvalue weighted by Gasteiger charge is 2.40. The largest absolute Gasteiger partial charge is 0.268 e. The van der Waals surface area contributed by atoms with Crippen molar-refractivity contribution in [3.05, 3.63) is 101 Å². The summed E-state index contributed by atoms with van der Waals surface area (Å²) in [6, 6.07) is 23.5. The van der Waals surface area contributed by atoms with Gasteiger partial charge in [0.1, 0.15) is 0 Å². The van der Waals surface area contributed by atoms with Crippen LogP contribution in [-0.4, -0.2) is 24.7 Å². The van der Waals surface area contributed by atoms with Gasteiger partial charge in [-0.1, -0.05) is 66.2 Å². The first-order valence-electron chi connectivity index (χ1n) is 9.74. The zero-order valence-electron chi connectivity index (χ0n) is 16.3. The highest BCUT2D eigenvalue weighted by Crippen LogP contribution is 2.31. The molecule has 1 heterocycles. The molecule has 1 atom stereocenters. The van der Waals surface area contributed by atoms with E-state index >= 15 is 0 Å². The predicted octanol–water partition coefficient (Wildman–Crippen LogP) is 4.38. The topological polar surface area (TPSA) is 54.5 Å². The molecule has 1 unspecified atom stereocenters. The van der Waals surface area contributed by atoms with Crippen LogP contribution in [0.5, 0.6) is 0 Å². The van der Waals surface area contributed by atoms with Gasteiger partial charge in [0.2, 0.25) is 0 Å². The Morgan fingerprint density at radius 1 is 0.897 bits per heavy atom. The molecule has 0 aliphatic carbocycles. The van der Waals surface area contributed by atoms with Crippen molar-refractivity contribution in [1.82, 2.24) is 4.31 Å². The lowest BCUT2D eigenvalue weighted by molar-refractivity contribution is 0.0796. The molecular weight excluding hydrogens is 382 g/mol. The van der Waals surface area contributed by atoms with Gasteiger partial charge in [-0.05, 0) is 55.5 Å². The van der Waals surface area contributed by atoms with Crippen molar-refractivity contribution in [1.29, 1.82) is 0 Å². The van der Waals surface area contributed by atoms with Crippen molar-refractivity contribution in [2.24, 2.45) is 0 Å². The molecule has 0 fully saturated rings. The van der Waals surface area contributed by atoms with Crippen LogP contribution in [0.4, 0.5) is 0 Å². The van der Waals surface area contributed by atoms with Gasteiger partial charge in [-0.15, -0.1) is 0 Å². The molecule has 3 aromatic carbocycles. The van der Waals surface area contributed by atoms with E-state index < -0.39 is 22.0 Å². The molecular formula is C24H23NO3S. The fraction of sp³-hybridized carbons (Fsp3) is 0.208. The van der Waals surface area contributed by atoms with Crippen molar-refractivity contribution < 1.29 is 13.2 Å². The number of hydrogen-bond donors (Lipinski definition) is 0. The van der Waals surface area contributed by atoms with E-state index in [4.69, 9.17) is 0 Å². The summed E-state index contributed by atoms with van der Waals surface area (Å²) >= 11 is 0. The molecule has 148 valence electrons. The van der Waals surface area contributed by atoms with Gasteiger partial charge in [0, 0.05) is 5.56 Å². The summed E-state index contributed by atoms with van der Waals surface area (Å²) in [5, 5.41) is 0. The molecule has 0 radical (unpaired) electrons. The lowest BCUT2D eigenvalue weighted by Gasteiger charge is -2.36. The Morgan fingerprint density at radius 3 is 2.28 bits per heavy atom. The van der Waals surface area contributed by atoms with E-state index in [-0.39, 0.29) is 4.90 Å². The molecule has 4 nitrogen and oxygen atoms in total. The zero-order valence-corrected chi connectivity index (χ0v) is 17.1. The van der Waals surface area contributed by atoms with Crippen molar-refractivity contribution in [2.45, 2.75) is 37.1 Å². The van der Waals surface area contributed by atoms with Crippen LogP contribution in [-0.2, 0) is 22.9 Å². The Labute approximate surface area is 171 Å². The molecule has 1 amide bonds. The van der Waals surface area contributed by atoms with Crippen LogP contribution in [0.15, 0.2) is 83.8 Å². The van der Waals surface area contributed by atoms with Crippen LogP contribution < -0.4 is 0 Å². The van der Waals surface area contributed by atoms with Crippen molar-refractivity contribution in [3.8, 4) is 0 Å². The summed E-state index contributed by atoms with van der Waals surface area (Å²) in [5.74, 6) is -0.439. The van der Waals surface area contributed by atoms with Crippen molar-refractivity contribution in [3.63, 3.8) is 0 Å². The maximum absolute atomic E-state index is 13.4. The van der Waals surface area contributed by atoms with Gasteiger partial charge in [-0.2, -0.15) is 0 Å². The minimum Gasteiger partial charge on any atom is -0.268 e. The van der Waals surface area contributed by atoms with Crippen LogP contribution in [0, 0.1) is 6.92 Å². The van der Waals surface area contributed by atoms with E-state index in [0.717, 1.165) is 21.0 Å². The predicted molar refractivity (Wildman–Crippen MR) is 113 cm³/mol. The second kappa shape index (κ2) is 7.84. The summed E-state index contributed by atoms with van der Waals surface area (Å²) < 4.78 is 28.0. The Kier molecular flexibility index (Phi) is 5.24. The van der Waals surface area contributed by atoms with Crippen molar-refractivity contribution in [2.75, 3.05) is 0 Å². The quantitative estimate of drug-likeness (QED) is 0.633. The highest BCUT2D eigenvalue weighted by atomic mass is 32.2. The third-order valence-electron chi connectivity index (χ3n) is 5.42. The first kappa shape index (κ1) is 19.4. The zero-order chi connectivity index (χ0) is 20.4. The molecule has 1 aliphatic heterocycles. The van der Waals surface area contributed by atoms with Crippen LogP contribution in [0.1, 0.15) is 33.5 Å². The Morgan fingerprint density at radius 2 is 1.55 bits per heavy atom. The van der Waals surface area contributed by atoms with E-state index in [2.05, 4.69) is 0 Å². The van der Waals surface area contributed by atoms with Crippen molar-refractivity contribution >= 4 is 15.9 Å². The highest BCUT2D eigenvalue weighted by molar-refractivity contribution is 7.89. The van der Waals surface area contributed by atoms with E-state index in [1.807, 2.05) is 49.4 Å². The number of hydrogen-bond acceptors (Lipinski definition) is 3. The van der Waals surface area contributed by atoms with Gasteiger partial charge in [-0.25, -0.2) is 12.7 Å². The first-order chi connectivity index (χ1) is 14.0. The molecule has 0 aromatic heterocycles. The molecule has 3 aromatic rings. The lowest BCUT2D eigenvalue weighted by atomic mass is 9.92. The summed E-state index contributed by atoms with van der Waals surface area (Å²) in [6.45, 7) is 1.90. The number of sulfonamides is 1. The van der Waals surface area contributed by atoms with Gasteiger partial charge in [0.15, 0.2) is 0 Å². The smallest absolute Gasteiger partial charge is 0.268 e. The summed E-state index contributed by atoms with van der Waals surface area (Å²) in [6.07, 6.45) is 1.82. The number of benzene rings is 3. The van der Waals surface area contributed by atoms with Gasteiger partial charge in [0.25, 0.3) is 15.9 Å². The van der Waals surface area contributed by atoms with E-state index in [1.165, 1.54) is 0 Å². The normalized spacial score (nSPS) is 16.5. The number of carbonyl (C=O) groups excluding carboxylic acids is 1. The van der Waals surface area contributed by atoms with Crippen LogP contribution in [0.25, 0.3) is 0 Å². The molecule has 0 saturated carbocycles. The fourth-order valence-corrected chi connectivity index (χ4v) is 5.45. The maximum Gasteiger partial charge on any atom is 0.268 e. The number of carbonyl (C=O) groups is 1. The van der Waals surface area contributed by atoms with Crippen LogP contribution in [0.2, 0.25) is 0 Å². The van der Waals surface area contributed by atoms with Gasteiger partial charge >= 0.3 is 0 Å². The number of rotatable bonds is 5. The first-order valence-corrected chi connectivity index (χ1v) is 11.2. The molecule has 1 aliphatic rings. The number of nitrogens with zero attached hydrogens (tertiary/aromatic N) is 1. The summed E-state index contributed by atoms with van der Waals surface area (Å²) in [5.41, 5.74) is 3.48. The minimum absolute atomic E-state index is 0.153. The minimum atomic E-state index is -3.94. The Bertz CT molecular complexity index is 1120. The molecule has 0 spiro atoms. The monoisotopic (exact) mass is 405 g/mol. The average molecular weight is 406 g/mol. The third kappa shape index (κ3) is 3.83. The Balaban J connectivity index is 1.72. The van der Waals surface area contributed by atoms with Gasteiger partial charge in [0.05, 0.1) is 10.9 Å². The molecule has 29 heavy (non-hydrogen) atoms. The number of aryl methyl sites for hydroxylation is 2. The number of fused-ring (bicyclic) bond motifs is 1. The lowest BCUT2D eigenvalue weighted by Crippen LogP contribution is -2.49. The molecule has 4 rings (SSSR count). The summed E-state index contributed by atoms with van der Waals surface area (Å²) in [4.78, 5) is 13.4. The molecule has 0 saturated heterocycles. The maximum atomic E-state index is 13.4. The fourth-order valence-electron chi connectivity index (χ4n) is 3.85.